The van der Waals surface area contributed by atoms with Crippen molar-refractivity contribution in [3.63, 3.8) is 0 Å². The molecule has 2 nitrogen and oxygen atoms in total. The van der Waals surface area contributed by atoms with Gasteiger partial charge < -0.3 is 4.74 Å². The summed E-state index contributed by atoms with van der Waals surface area (Å²) >= 11 is 6.04. The third-order valence-electron chi connectivity index (χ3n) is 2.94. The Morgan fingerprint density at radius 3 is 2.42 bits per heavy atom. The van der Waals surface area contributed by atoms with Crippen LogP contribution >= 0.6 is 11.6 Å². The molecule has 0 N–H and O–H groups in total. The maximum absolute atomic E-state index is 10.9. The fourth-order valence-electron chi connectivity index (χ4n) is 1.80. The van der Waals surface area contributed by atoms with E-state index in [-0.39, 0.29) is 0 Å². The Kier molecular flexibility index (Phi) is 4.58. The van der Waals surface area contributed by atoms with Crippen molar-refractivity contribution < 1.29 is 9.53 Å². The minimum absolute atomic E-state index is 0.397. The number of para-hydroxylation sites is 1. The first-order valence-corrected chi connectivity index (χ1v) is 6.56. The molecule has 19 heavy (non-hydrogen) atoms. The molecule has 0 bridgehead atoms. The number of carbonyl (C=O) groups excluding carboxylic acids is 1. The van der Waals surface area contributed by atoms with Crippen molar-refractivity contribution in [1.82, 2.24) is 0 Å². The van der Waals surface area contributed by atoms with Gasteiger partial charge in [0.05, 0.1) is 10.6 Å². The number of aldehydes is 1. The van der Waals surface area contributed by atoms with Gasteiger partial charge in [-0.2, -0.15) is 0 Å². The predicted octanol–water partition coefficient (Wildman–Crippen LogP) is 4.29. The van der Waals surface area contributed by atoms with Gasteiger partial charge in [-0.25, -0.2) is 0 Å². The highest BCUT2D eigenvalue weighted by Crippen LogP contribution is 2.28. The third-order valence-corrected chi connectivity index (χ3v) is 3.24. The number of hydrogen-bond acceptors (Lipinski definition) is 2. The SMILES string of the molecule is CCc1ccc(COc2c(Cl)cccc2C=O)cc1. The zero-order chi connectivity index (χ0) is 13.7. The lowest BCUT2D eigenvalue weighted by atomic mass is 10.1. The van der Waals surface area contributed by atoms with Crippen molar-refractivity contribution in [3.05, 3.63) is 64.2 Å². The molecule has 0 radical (unpaired) electrons. The summed E-state index contributed by atoms with van der Waals surface area (Å²) in [5.41, 5.74) is 2.81. The lowest BCUT2D eigenvalue weighted by Crippen LogP contribution is -1.99. The number of hydrogen-bond donors (Lipinski definition) is 0. The number of aryl methyl sites for hydroxylation is 1. The van der Waals surface area contributed by atoms with E-state index in [1.54, 1.807) is 18.2 Å². The van der Waals surface area contributed by atoms with Crippen molar-refractivity contribution in [3.8, 4) is 5.75 Å². The molecule has 0 aromatic heterocycles. The number of ether oxygens (including phenoxy) is 1. The summed E-state index contributed by atoms with van der Waals surface area (Å²) < 4.78 is 5.66. The van der Waals surface area contributed by atoms with E-state index < -0.39 is 0 Å². The van der Waals surface area contributed by atoms with Crippen LogP contribution in [0.25, 0.3) is 0 Å². The van der Waals surface area contributed by atoms with Gasteiger partial charge in [-0.15, -0.1) is 0 Å². The van der Waals surface area contributed by atoms with Crippen molar-refractivity contribution in [1.29, 1.82) is 0 Å². The zero-order valence-corrected chi connectivity index (χ0v) is 11.5. The summed E-state index contributed by atoms with van der Waals surface area (Å²) in [5, 5.41) is 0.453. The number of benzene rings is 2. The second kappa shape index (κ2) is 6.39. The number of carbonyl (C=O) groups is 1. The molecule has 0 aliphatic heterocycles. The quantitative estimate of drug-likeness (QED) is 0.760. The fourth-order valence-corrected chi connectivity index (χ4v) is 2.03. The lowest BCUT2D eigenvalue weighted by molar-refractivity contribution is 0.111. The smallest absolute Gasteiger partial charge is 0.153 e. The number of rotatable bonds is 5. The Labute approximate surface area is 118 Å². The molecule has 0 aliphatic rings. The molecule has 0 aliphatic carbocycles. The highest BCUT2D eigenvalue weighted by atomic mass is 35.5. The van der Waals surface area contributed by atoms with Gasteiger partial charge in [-0.05, 0) is 29.7 Å². The summed E-state index contributed by atoms with van der Waals surface area (Å²) in [6.07, 6.45) is 1.77. The summed E-state index contributed by atoms with van der Waals surface area (Å²) in [4.78, 5) is 10.9. The average molecular weight is 275 g/mol. The second-order valence-corrected chi connectivity index (χ2v) is 4.64. The van der Waals surface area contributed by atoms with Crippen LogP contribution in [-0.4, -0.2) is 6.29 Å². The van der Waals surface area contributed by atoms with Crippen molar-refractivity contribution in [2.75, 3.05) is 0 Å². The van der Waals surface area contributed by atoms with Crippen LogP contribution < -0.4 is 4.74 Å². The minimum Gasteiger partial charge on any atom is -0.487 e. The molecule has 0 heterocycles. The molecular formula is C16H15ClO2. The third kappa shape index (κ3) is 3.36. The van der Waals surface area contributed by atoms with Crippen LogP contribution in [0, 0.1) is 0 Å². The van der Waals surface area contributed by atoms with E-state index in [2.05, 4.69) is 19.1 Å². The molecule has 0 atom stereocenters. The standard InChI is InChI=1S/C16H15ClO2/c1-2-12-6-8-13(9-7-12)11-19-16-14(10-18)4-3-5-15(16)17/h3-10H,2,11H2,1H3. The van der Waals surface area contributed by atoms with Crippen LogP contribution in [-0.2, 0) is 13.0 Å². The Morgan fingerprint density at radius 2 is 1.79 bits per heavy atom. The van der Waals surface area contributed by atoms with Crippen LogP contribution in [0.4, 0.5) is 0 Å². The lowest BCUT2D eigenvalue weighted by Gasteiger charge is -2.10. The molecule has 3 heteroatoms. The summed E-state index contributed by atoms with van der Waals surface area (Å²) in [7, 11) is 0. The Hall–Kier alpha value is -1.80. The van der Waals surface area contributed by atoms with Gasteiger partial charge in [0.25, 0.3) is 0 Å². The molecule has 0 fully saturated rings. The second-order valence-electron chi connectivity index (χ2n) is 4.23. The maximum atomic E-state index is 10.9. The average Bonchev–Trinajstić information content (AvgIpc) is 2.46. The summed E-state index contributed by atoms with van der Waals surface area (Å²) in [6.45, 7) is 2.51. The monoisotopic (exact) mass is 274 g/mol. The van der Waals surface area contributed by atoms with E-state index in [4.69, 9.17) is 16.3 Å². The van der Waals surface area contributed by atoms with E-state index in [0.717, 1.165) is 18.3 Å². The molecule has 98 valence electrons. The Bertz CT molecular complexity index is 561. The van der Waals surface area contributed by atoms with Gasteiger partial charge in [-0.1, -0.05) is 48.9 Å². The van der Waals surface area contributed by atoms with E-state index >= 15 is 0 Å². The Balaban J connectivity index is 2.11. The number of halogens is 1. The first-order chi connectivity index (χ1) is 9.24. The predicted molar refractivity (Wildman–Crippen MR) is 77.0 cm³/mol. The van der Waals surface area contributed by atoms with Crippen LogP contribution in [0.2, 0.25) is 5.02 Å². The van der Waals surface area contributed by atoms with Crippen LogP contribution in [0.1, 0.15) is 28.4 Å². The Morgan fingerprint density at radius 1 is 1.11 bits per heavy atom. The molecule has 2 aromatic carbocycles. The normalized spacial score (nSPS) is 10.2. The van der Waals surface area contributed by atoms with E-state index in [0.29, 0.717) is 22.9 Å². The molecule has 2 rings (SSSR count). The molecule has 0 unspecified atom stereocenters. The van der Waals surface area contributed by atoms with Crippen molar-refractivity contribution in [2.24, 2.45) is 0 Å². The van der Waals surface area contributed by atoms with E-state index in [1.165, 1.54) is 5.56 Å². The van der Waals surface area contributed by atoms with Gasteiger partial charge in [0.2, 0.25) is 0 Å². The molecule has 0 spiro atoms. The topological polar surface area (TPSA) is 26.3 Å². The fraction of sp³-hybridized carbons (Fsp3) is 0.188. The largest absolute Gasteiger partial charge is 0.487 e. The van der Waals surface area contributed by atoms with Crippen LogP contribution in [0.3, 0.4) is 0 Å². The highest BCUT2D eigenvalue weighted by molar-refractivity contribution is 6.32. The highest BCUT2D eigenvalue weighted by Gasteiger charge is 2.07. The van der Waals surface area contributed by atoms with E-state index in [1.807, 2.05) is 12.1 Å². The van der Waals surface area contributed by atoms with Gasteiger partial charge in [0, 0.05) is 0 Å². The van der Waals surface area contributed by atoms with Crippen molar-refractivity contribution in [2.45, 2.75) is 20.0 Å². The van der Waals surface area contributed by atoms with Gasteiger partial charge >= 0.3 is 0 Å². The van der Waals surface area contributed by atoms with Gasteiger partial charge in [0.15, 0.2) is 6.29 Å². The van der Waals surface area contributed by atoms with Crippen LogP contribution in [0.5, 0.6) is 5.75 Å². The molecule has 0 saturated carbocycles. The summed E-state index contributed by atoms with van der Waals surface area (Å²) in [5.74, 6) is 0.443. The minimum atomic E-state index is 0.397. The maximum Gasteiger partial charge on any atom is 0.153 e. The first kappa shape index (κ1) is 13.6. The summed E-state index contributed by atoms with van der Waals surface area (Å²) in [6, 6.07) is 13.3. The van der Waals surface area contributed by atoms with Crippen LogP contribution in [0.15, 0.2) is 42.5 Å². The zero-order valence-electron chi connectivity index (χ0n) is 10.7. The first-order valence-electron chi connectivity index (χ1n) is 6.19. The van der Waals surface area contributed by atoms with E-state index in [9.17, 15) is 4.79 Å². The molecule has 2 aromatic rings. The van der Waals surface area contributed by atoms with Crippen molar-refractivity contribution >= 4 is 17.9 Å². The van der Waals surface area contributed by atoms with Gasteiger partial charge in [0.1, 0.15) is 12.4 Å². The molecule has 0 saturated heterocycles. The van der Waals surface area contributed by atoms with Gasteiger partial charge in [-0.3, -0.25) is 4.79 Å². The molecule has 0 amide bonds. The molecular weight excluding hydrogens is 260 g/mol.